The third-order valence-electron chi connectivity index (χ3n) is 2.32. The van der Waals surface area contributed by atoms with Crippen LogP contribution in [0, 0.1) is 11.3 Å². The molecule has 0 atom stereocenters. The molecule has 0 aliphatic carbocycles. The lowest BCUT2D eigenvalue weighted by Crippen LogP contribution is -2.15. The molecule has 2 aromatic rings. The lowest BCUT2D eigenvalue weighted by Gasteiger charge is -2.07. The topological polar surface area (TPSA) is 120 Å². The van der Waals surface area contributed by atoms with Gasteiger partial charge in [-0.25, -0.2) is 18.2 Å². The summed E-state index contributed by atoms with van der Waals surface area (Å²) in [6.45, 7) is 0. The van der Waals surface area contributed by atoms with E-state index in [0.717, 1.165) is 5.51 Å². The Kier molecular flexibility index (Phi) is 4.13. The van der Waals surface area contributed by atoms with Gasteiger partial charge in [0.15, 0.2) is 9.90 Å². The fourth-order valence-corrected chi connectivity index (χ4v) is 3.85. The predicted molar refractivity (Wildman–Crippen MR) is 76.0 cm³/mol. The smallest absolute Gasteiger partial charge is 0.356 e. The van der Waals surface area contributed by atoms with Gasteiger partial charge in [0.2, 0.25) is 0 Å². The highest BCUT2D eigenvalue weighted by molar-refractivity contribution is 7.94. The van der Waals surface area contributed by atoms with Crippen LogP contribution in [0.5, 0.6) is 0 Å². The van der Waals surface area contributed by atoms with E-state index < -0.39 is 25.9 Å². The molecule has 0 bridgehead atoms. The number of rotatable bonds is 4. The molecule has 0 aliphatic rings. The lowest BCUT2D eigenvalue weighted by atomic mass is 10.2. The first-order valence-electron chi connectivity index (χ1n) is 5.24. The van der Waals surface area contributed by atoms with Gasteiger partial charge in [0, 0.05) is 0 Å². The first-order valence-corrected chi connectivity index (χ1v) is 7.98. The van der Waals surface area contributed by atoms with E-state index in [-0.39, 0.29) is 16.3 Å². The summed E-state index contributed by atoms with van der Waals surface area (Å²) in [5, 5.41) is 17.7. The van der Waals surface area contributed by atoms with Gasteiger partial charge >= 0.3 is 5.97 Å². The standard InChI is InChI=1S/C11H6ClN3O4S2/c12-8-3-7(2-1-6(8)4-13)15-21(18,19)11-9(10(16)17)14-5-20-11/h1-3,5,15H,(H,16,17). The zero-order chi connectivity index (χ0) is 15.6. The second-order valence-corrected chi connectivity index (χ2v) is 6.85. The minimum atomic E-state index is -4.10. The van der Waals surface area contributed by atoms with E-state index >= 15 is 0 Å². The van der Waals surface area contributed by atoms with Gasteiger partial charge in [0.25, 0.3) is 10.0 Å². The molecule has 0 saturated carbocycles. The molecular weight excluding hydrogens is 338 g/mol. The maximum Gasteiger partial charge on any atom is 0.356 e. The van der Waals surface area contributed by atoms with Crippen LogP contribution in [0.4, 0.5) is 5.69 Å². The maximum absolute atomic E-state index is 12.1. The van der Waals surface area contributed by atoms with Crippen LogP contribution in [0.2, 0.25) is 5.02 Å². The Morgan fingerprint density at radius 3 is 2.76 bits per heavy atom. The number of nitrogens with zero attached hydrogens (tertiary/aromatic N) is 2. The van der Waals surface area contributed by atoms with E-state index in [1.54, 1.807) is 0 Å². The zero-order valence-electron chi connectivity index (χ0n) is 10.1. The van der Waals surface area contributed by atoms with Crippen LogP contribution < -0.4 is 4.72 Å². The van der Waals surface area contributed by atoms with E-state index in [0.29, 0.717) is 11.3 Å². The summed E-state index contributed by atoms with van der Waals surface area (Å²) >= 11 is 6.49. The Morgan fingerprint density at radius 1 is 1.48 bits per heavy atom. The number of hydrogen-bond donors (Lipinski definition) is 2. The predicted octanol–water partition coefficient (Wildman–Crippen LogP) is 2.17. The highest BCUT2D eigenvalue weighted by Crippen LogP contribution is 2.25. The second-order valence-electron chi connectivity index (χ2n) is 3.71. The minimum Gasteiger partial charge on any atom is -0.476 e. The first kappa shape index (κ1) is 15.2. The summed E-state index contributed by atoms with van der Waals surface area (Å²) in [4.78, 5) is 14.4. The van der Waals surface area contributed by atoms with E-state index in [1.807, 2.05) is 6.07 Å². The van der Waals surface area contributed by atoms with Crippen molar-refractivity contribution in [2.75, 3.05) is 4.72 Å². The molecule has 0 spiro atoms. The van der Waals surface area contributed by atoms with Crippen LogP contribution in [0.1, 0.15) is 16.1 Å². The Hall–Kier alpha value is -2.15. The number of hydrogen-bond acceptors (Lipinski definition) is 6. The van der Waals surface area contributed by atoms with Crippen molar-refractivity contribution in [1.82, 2.24) is 4.98 Å². The van der Waals surface area contributed by atoms with E-state index in [1.165, 1.54) is 18.2 Å². The summed E-state index contributed by atoms with van der Waals surface area (Å²) in [6.07, 6.45) is 0. The number of carboxylic acid groups (broad SMARTS) is 1. The number of carboxylic acids is 1. The Labute approximate surface area is 128 Å². The Morgan fingerprint density at radius 2 is 2.19 bits per heavy atom. The molecule has 21 heavy (non-hydrogen) atoms. The van der Waals surface area contributed by atoms with E-state index in [2.05, 4.69) is 9.71 Å². The highest BCUT2D eigenvalue weighted by atomic mass is 35.5. The van der Waals surface area contributed by atoms with Gasteiger partial charge in [-0.15, -0.1) is 11.3 Å². The normalized spacial score (nSPS) is 10.9. The molecule has 7 nitrogen and oxygen atoms in total. The van der Waals surface area contributed by atoms with Crippen LogP contribution in [0.15, 0.2) is 27.9 Å². The summed E-state index contributed by atoms with van der Waals surface area (Å²) in [5.41, 5.74) is 0.892. The van der Waals surface area contributed by atoms with Gasteiger partial charge < -0.3 is 5.11 Å². The molecule has 0 fully saturated rings. The number of carbonyl (C=O) groups is 1. The van der Waals surface area contributed by atoms with Crippen molar-refractivity contribution in [1.29, 1.82) is 5.26 Å². The number of halogens is 1. The van der Waals surface area contributed by atoms with E-state index in [4.69, 9.17) is 22.0 Å². The molecule has 1 aromatic heterocycles. The van der Waals surface area contributed by atoms with Crippen LogP contribution in [-0.4, -0.2) is 24.5 Å². The van der Waals surface area contributed by atoms with Crippen molar-refractivity contribution >= 4 is 44.6 Å². The number of thiazole rings is 1. The van der Waals surface area contributed by atoms with Gasteiger partial charge in [-0.1, -0.05) is 11.6 Å². The van der Waals surface area contributed by atoms with Crippen LogP contribution >= 0.6 is 22.9 Å². The lowest BCUT2D eigenvalue weighted by molar-refractivity contribution is 0.0687. The van der Waals surface area contributed by atoms with Crippen molar-refractivity contribution in [2.45, 2.75) is 4.21 Å². The number of anilines is 1. The largest absolute Gasteiger partial charge is 0.476 e. The maximum atomic E-state index is 12.1. The Bertz CT molecular complexity index is 855. The molecule has 1 heterocycles. The van der Waals surface area contributed by atoms with Gasteiger partial charge in [0.1, 0.15) is 6.07 Å². The zero-order valence-corrected chi connectivity index (χ0v) is 12.5. The minimum absolute atomic E-state index is 0.0838. The SMILES string of the molecule is N#Cc1ccc(NS(=O)(=O)c2scnc2C(=O)O)cc1Cl. The fourth-order valence-electron chi connectivity index (χ4n) is 1.44. The number of sulfonamides is 1. The number of aromatic nitrogens is 1. The van der Waals surface area contributed by atoms with Crippen molar-refractivity contribution in [3.05, 3.63) is 40.0 Å². The monoisotopic (exact) mass is 343 g/mol. The van der Waals surface area contributed by atoms with Crippen molar-refractivity contribution < 1.29 is 18.3 Å². The first-order chi connectivity index (χ1) is 9.85. The number of nitriles is 1. The molecule has 2 N–H and O–H groups in total. The van der Waals surface area contributed by atoms with Crippen molar-refractivity contribution in [3.8, 4) is 6.07 Å². The molecule has 108 valence electrons. The van der Waals surface area contributed by atoms with Crippen LogP contribution in [0.25, 0.3) is 0 Å². The van der Waals surface area contributed by atoms with Gasteiger partial charge in [-0.3, -0.25) is 4.72 Å². The molecule has 0 radical (unpaired) electrons. The number of nitrogens with one attached hydrogen (secondary N) is 1. The molecular formula is C11H6ClN3O4S2. The molecule has 0 amide bonds. The average molecular weight is 344 g/mol. The highest BCUT2D eigenvalue weighted by Gasteiger charge is 2.25. The van der Waals surface area contributed by atoms with Crippen LogP contribution in [0.3, 0.4) is 0 Å². The van der Waals surface area contributed by atoms with Gasteiger partial charge in [0.05, 0.1) is 21.8 Å². The van der Waals surface area contributed by atoms with Crippen molar-refractivity contribution in [2.24, 2.45) is 0 Å². The number of benzene rings is 1. The molecule has 2 rings (SSSR count). The molecule has 1 aromatic carbocycles. The second kappa shape index (κ2) is 5.69. The summed E-state index contributed by atoms with van der Waals surface area (Å²) in [6, 6.07) is 5.81. The molecule has 0 aliphatic heterocycles. The number of aromatic carboxylic acids is 1. The molecule has 10 heteroatoms. The summed E-state index contributed by atoms with van der Waals surface area (Å²) in [7, 11) is -4.10. The summed E-state index contributed by atoms with van der Waals surface area (Å²) in [5.74, 6) is -1.44. The third kappa shape index (κ3) is 3.13. The van der Waals surface area contributed by atoms with Gasteiger partial charge in [-0.05, 0) is 18.2 Å². The van der Waals surface area contributed by atoms with Crippen molar-refractivity contribution in [3.63, 3.8) is 0 Å². The Balaban J connectivity index is 2.38. The quantitative estimate of drug-likeness (QED) is 0.877. The average Bonchev–Trinajstić information content (AvgIpc) is 2.88. The third-order valence-corrected chi connectivity index (χ3v) is 5.39. The van der Waals surface area contributed by atoms with E-state index in [9.17, 15) is 13.2 Å². The van der Waals surface area contributed by atoms with Gasteiger partial charge in [-0.2, -0.15) is 5.26 Å². The molecule has 0 saturated heterocycles. The molecule has 0 unspecified atom stereocenters. The van der Waals surface area contributed by atoms with Crippen LogP contribution in [-0.2, 0) is 10.0 Å². The summed E-state index contributed by atoms with van der Waals surface area (Å²) < 4.78 is 26.1. The fraction of sp³-hybridized carbons (Fsp3) is 0.